The van der Waals surface area contributed by atoms with Crippen LogP contribution >= 0.6 is 0 Å². The molecule has 9 N–H and O–H groups in total. The van der Waals surface area contributed by atoms with Gasteiger partial charge in [-0.1, -0.05) is 0 Å². The minimum atomic E-state index is -1.28. The summed E-state index contributed by atoms with van der Waals surface area (Å²) in [5, 5.41) is 22.2. The molecule has 0 aromatic rings. The van der Waals surface area contributed by atoms with Gasteiger partial charge in [-0.15, -0.1) is 0 Å². The van der Waals surface area contributed by atoms with E-state index < -0.39 is 49.1 Å². The normalized spacial score (nSPS) is 15.2. The molecule has 0 aromatic carbocycles. The van der Waals surface area contributed by atoms with Gasteiger partial charge in [-0.05, 0) is 6.92 Å². The molecule has 10 heteroatoms. The van der Waals surface area contributed by atoms with Crippen LogP contribution in [0.4, 0.5) is 0 Å². The van der Waals surface area contributed by atoms with E-state index in [9.17, 15) is 14.4 Å². The standard InChI is InChI=1S/C9H19N5O5/c1-4(7(10)17)12-8(18)5(2-15)13-9(19)6(3-16)14-11/h4-6,14-16H,2-3,11H2,1H3,(H2,10,17)(H,12,18)(H,13,19). The molecule has 0 heterocycles. The van der Waals surface area contributed by atoms with Crippen molar-refractivity contribution >= 4 is 17.7 Å². The Bertz CT molecular complexity index is 333. The highest BCUT2D eigenvalue weighted by molar-refractivity contribution is 5.92. The number of aliphatic hydroxyl groups is 2. The predicted molar refractivity (Wildman–Crippen MR) is 64.0 cm³/mol. The molecule has 0 spiro atoms. The van der Waals surface area contributed by atoms with E-state index in [1.54, 1.807) is 0 Å². The molecule has 3 amide bonds. The van der Waals surface area contributed by atoms with Gasteiger partial charge in [0.2, 0.25) is 17.7 Å². The number of primary amides is 1. The van der Waals surface area contributed by atoms with Crippen LogP contribution in [0.2, 0.25) is 0 Å². The molecule has 0 aliphatic heterocycles. The lowest BCUT2D eigenvalue weighted by atomic mass is 10.2. The first kappa shape index (κ1) is 17.2. The van der Waals surface area contributed by atoms with Crippen LogP contribution < -0.4 is 27.6 Å². The van der Waals surface area contributed by atoms with Crippen LogP contribution in [0.25, 0.3) is 0 Å². The van der Waals surface area contributed by atoms with Crippen molar-refractivity contribution in [3.05, 3.63) is 0 Å². The third-order valence-electron chi connectivity index (χ3n) is 2.30. The smallest absolute Gasteiger partial charge is 0.245 e. The molecular weight excluding hydrogens is 258 g/mol. The summed E-state index contributed by atoms with van der Waals surface area (Å²) < 4.78 is 0. The third-order valence-corrected chi connectivity index (χ3v) is 2.30. The van der Waals surface area contributed by atoms with Crippen LogP contribution in [0.1, 0.15) is 6.92 Å². The monoisotopic (exact) mass is 277 g/mol. The molecule has 0 radical (unpaired) electrons. The van der Waals surface area contributed by atoms with E-state index in [1.165, 1.54) is 6.92 Å². The van der Waals surface area contributed by atoms with Gasteiger partial charge in [0.25, 0.3) is 0 Å². The molecule has 0 rings (SSSR count). The summed E-state index contributed by atoms with van der Waals surface area (Å²) in [6.07, 6.45) is 0. The molecule has 0 aliphatic rings. The summed E-state index contributed by atoms with van der Waals surface area (Å²) in [6.45, 7) is 0.0834. The van der Waals surface area contributed by atoms with Crippen LogP contribution in [0, 0.1) is 0 Å². The summed E-state index contributed by atoms with van der Waals surface area (Å²) in [5.41, 5.74) is 6.98. The highest BCUT2D eigenvalue weighted by Crippen LogP contribution is 1.89. The fourth-order valence-corrected chi connectivity index (χ4v) is 1.06. The number of carbonyl (C=O) groups is 3. The molecule has 0 saturated carbocycles. The van der Waals surface area contributed by atoms with Gasteiger partial charge in [-0.25, -0.2) is 5.43 Å². The van der Waals surface area contributed by atoms with Crippen LogP contribution in [-0.4, -0.2) is 59.3 Å². The van der Waals surface area contributed by atoms with Crippen LogP contribution in [-0.2, 0) is 14.4 Å². The molecule has 0 bridgehead atoms. The van der Waals surface area contributed by atoms with Crippen molar-refractivity contribution < 1.29 is 24.6 Å². The first-order chi connectivity index (χ1) is 8.87. The summed E-state index contributed by atoms with van der Waals surface area (Å²) in [5.74, 6) is 2.69. The van der Waals surface area contributed by atoms with E-state index in [4.69, 9.17) is 21.8 Å². The number of hydrogen-bond acceptors (Lipinski definition) is 7. The quantitative estimate of drug-likeness (QED) is 0.172. The molecule has 110 valence electrons. The van der Waals surface area contributed by atoms with E-state index in [2.05, 4.69) is 10.6 Å². The van der Waals surface area contributed by atoms with Gasteiger partial charge in [-0.2, -0.15) is 0 Å². The number of nitrogens with one attached hydrogen (secondary N) is 3. The Morgan fingerprint density at radius 3 is 1.89 bits per heavy atom. The zero-order valence-electron chi connectivity index (χ0n) is 10.4. The fourth-order valence-electron chi connectivity index (χ4n) is 1.06. The van der Waals surface area contributed by atoms with Crippen molar-refractivity contribution in [1.29, 1.82) is 0 Å². The van der Waals surface area contributed by atoms with Crippen molar-refractivity contribution in [3.63, 3.8) is 0 Å². The zero-order chi connectivity index (χ0) is 15.0. The maximum absolute atomic E-state index is 11.6. The van der Waals surface area contributed by atoms with E-state index >= 15 is 0 Å². The lowest BCUT2D eigenvalue weighted by Crippen LogP contribution is -2.58. The SMILES string of the molecule is CC(NC(=O)C(CO)NC(=O)C(CO)NN)C(N)=O. The number of rotatable bonds is 8. The molecule has 3 atom stereocenters. The first-order valence-electron chi connectivity index (χ1n) is 5.45. The summed E-state index contributed by atoms with van der Waals surface area (Å²) in [7, 11) is 0. The lowest BCUT2D eigenvalue weighted by Gasteiger charge is -2.20. The third kappa shape index (κ3) is 5.61. The Morgan fingerprint density at radius 2 is 1.53 bits per heavy atom. The highest BCUT2D eigenvalue weighted by Gasteiger charge is 2.25. The van der Waals surface area contributed by atoms with E-state index in [0.29, 0.717) is 0 Å². The Kier molecular flexibility index (Phi) is 7.60. The number of nitrogens with two attached hydrogens (primary N) is 2. The molecule has 10 nitrogen and oxygen atoms in total. The summed E-state index contributed by atoms with van der Waals surface area (Å²) in [4.78, 5) is 33.9. The molecule has 0 fully saturated rings. The largest absolute Gasteiger partial charge is 0.394 e. The van der Waals surface area contributed by atoms with Crippen LogP contribution in [0.5, 0.6) is 0 Å². The Hall–Kier alpha value is -1.75. The number of aliphatic hydroxyl groups excluding tert-OH is 2. The molecule has 3 unspecified atom stereocenters. The van der Waals surface area contributed by atoms with Gasteiger partial charge in [0.05, 0.1) is 13.2 Å². The van der Waals surface area contributed by atoms with Crippen molar-refractivity contribution in [2.45, 2.75) is 25.0 Å². The Labute approximate surface area is 109 Å². The molecular formula is C9H19N5O5. The number of hydrazine groups is 1. The van der Waals surface area contributed by atoms with Gasteiger partial charge < -0.3 is 26.6 Å². The van der Waals surface area contributed by atoms with Gasteiger partial charge in [0.15, 0.2) is 0 Å². The van der Waals surface area contributed by atoms with Gasteiger partial charge in [0.1, 0.15) is 18.1 Å². The first-order valence-corrected chi connectivity index (χ1v) is 5.45. The average Bonchev–Trinajstić information content (AvgIpc) is 2.36. The van der Waals surface area contributed by atoms with Crippen LogP contribution in [0.3, 0.4) is 0 Å². The fraction of sp³-hybridized carbons (Fsp3) is 0.667. The van der Waals surface area contributed by atoms with Crippen molar-refractivity contribution in [3.8, 4) is 0 Å². The van der Waals surface area contributed by atoms with Crippen LogP contribution in [0.15, 0.2) is 0 Å². The molecule has 0 saturated heterocycles. The second-order valence-corrected chi connectivity index (χ2v) is 3.78. The maximum Gasteiger partial charge on any atom is 0.245 e. The second-order valence-electron chi connectivity index (χ2n) is 3.78. The summed E-state index contributed by atoms with van der Waals surface area (Å²) >= 11 is 0. The van der Waals surface area contributed by atoms with E-state index in [1.807, 2.05) is 5.43 Å². The predicted octanol–water partition coefficient (Wildman–Crippen LogP) is -4.72. The molecule has 19 heavy (non-hydrogen) atoms. The molecule has 0 aliphatic carbocycles. The van der Waals surface area contributed by atoms with E-state index in [-0.39, 0.29) is 0 Å². The minimum absolute atomic E-state index is 0.584. The Balaban J connectivity index is 4.53. The zero-order valence-corrected chi connectivity index (χ0v) is 10.4. The Morgan fingerprint density at radius 1 is 1.05 bits per heavy atom. The van der Waals surface area contributed by atoms with Crippen molar-refractivity contribution in [2.75, 3.05) is 13.2 Å². The van der Waals surface area contributed by atoms with E-state index in [0.717, 1.165) is 0 Å². The maximum atomic E-state index is 11.6. The van der Waals surface area contributed by atoms with Gasteiger partial charge in [0, 0.05) is 0 Å². The topological polar surface area (TPSA) is 180 Å². The number of amides is 3. The van der Waals surface area contributed by atoms with Gasteiger partial charge >= 0.3 is 0 Å². The van der Waals surface area contributed by atoms with Crippen molar-refractivity contribution in [2.24, 2.45) is 11.6 Å². The molecule has 0 aromatic heterocycles. The average molecular weight is 277 g/mol. The highest BCUT2D eigenvalue weighted by atomic mass is 16.3. The lowest BCUT2D eigenvalue weighted by molar-refractivity contribution is -0.133. The van der Waals surface area contributed by atoms with Crippen molar-refractivity contribution in [1.82, 2.24) is 16.1 Å². The summed E-state index contributed by atoms with van der Waals surface area (Å²) in [6, 6.07) is -3.34. The number of carbonyl (C=O) groups excluding carboxylic acids is 3. The minimum Gasteiger partial charge on any atom is -0.394 e. The number of hydrogen-bond donors (Lipinski definition) is 7. The van der Waals surface area contributed by atoms with Gasteiger partial charge in [-0.3, -0.25) is 20.2 Å². The second kappa shape index (κ2) is 8.37.